The first-order valence-electron chi connectivity index (χ1n) is 15.5. The van der Waals surface area contributed by atoms with Crippen LogP contribution in [0, 0.1) is 5.92 Å². The number of aliphatic carboxylic acids is 1. The van der Waals surface area contributed by atoms with Crippen molar-refractivity contribution in [1.29, 1.82) is 0 Å². The van der Waals surface area contributed by atoms with Crippen LogP contribution in [0.5, 0.6) is 11.8 Å². The summed E-state index contributed by atoms with van der Waals surface area (Å²) in [4.78, 5) is 32.4. The van der Waals surface area contributed by atoms with Gasteiger partial charge in [-0.25, -0.2) is 4.79 Å². The van der Waals surface area contributed by atoms with E-state index in [1.54, 1.807) is 22.2 Å². The fourth-order valence-corrected chi connectivity index (χ4v) is 7.07. The second kappa shape index (κ2) is 12.1. The number of carboxylic acid groups (broad SMARTS) is 1. The molecule has 2 saturated heterocycles. The van der Waals surface area contributed by atoms with Crippen molar-refractivity contribution in [2.45, 2.75) is 57.4 Å². The average molecular weight is 605 g/mol. The predicted octanol–water partition coefficient (Wildman–Crippen LogP) is 6.10. The van der Waals surface area contributed by atoms with E-state index >= 15 is 0 Å². The summed E-state index contributed by atoms with van der Waals surface area (Å²) in [5.41, 5.74) is 4.98. The summed E-state index contributed by atoms with van der Waals surface area (Å²) in [6.07, 6.45) is 4.12. The van der Waals surface area contributed by atoms with Gasteiger partial charge in [0.2, 0.25) is 11.8 Å². The molecule has 2 fully saturated rings. The van der Waals surface area contributed by atoms with Gasteiger partial charge in [-0.05, 0) is 67.0 Å². The van der Waals surface area contributed by atoms with E-state index in [1.165, 1.54) is 0 Å². The molecule has 2 unspecified atom stereocenters. The number of ether oxygens (including phenoxy) is 2. The van der Waals surface area contributed by atoms with Crippen molar-refractivity contribution >= 4 is 22.7 Å². The lowest BCUT2D eigenvalue weighted by Crippen LogP contribution is -2.43. The molecule has 45 heavy (non-hydrogen) atoms. The van der Waals surface area contributed by atoms with Gasteiger partial charge < -0.3 is 19.5 Å². The third-order valence-corrected chi connectivity index (χ3v) is 9.14. The van der Waals surface area contributed by atoms with E-state index in [9.17, 15) is 14.7 Å². The zero-order chi connectivity index (χ0) is 30.9. The van der Waals surface area contributed by atoms with Crippen LogP contribution >= 0.6 is 0 Å². The van der Waals surface area contributed by atoms with E-state index in [2.05, 4.69) is 17.0 Å². The van der Waals surface area contributed by atoms with E-state index in [0.717, 1.165) is 53.5 Å². The Balaban J connectivity index is 1.22. The number of carboxylic acids is 1. The molecule has 0 saturated carbocycles. The maximum atomic E-state index is 13.8. The van der Waals surface area contributed by atoms with E-state index in [4.69, 9.17) is 14.5 Å². The zero-order valence-corrected chi connectivity index (χ0v) is 25.2. The van der Waals surface area contributed by atoms with E-state index in [0.29, 0.717) is 36.1 Å². The van der Waals surface area contributed by atoms with Crippen molar-refractivity contribution in [2.24, 2.45) is 13.0 Å². The molecule has 0 radical (unpaired) electrons. The van der Waals surface area contributed by atoms with E-state index in [1.807, 2.05) is 72.8 Å². The number of benzene rings is 3. The van der Waals surface area contributed by atoms with Gasteiger partial charge >= 0.3 is 11.7 Å². The van der Waals surface area contributed by atoms with Gasteiger partial charge in [-0.3, -0.25) is 13.9 Å². The first-order valence-corrected chi connectivity index (χ1v) is 15.5. The smallest absolute Gasteiger partial charge is 0.333 e. The number of nitrogens with zero attached hydrogens (tertiary/aromatic N) is 4. The first-order chi connectivity index (χ1) is 21.9. The summed E-state index contributed by atoms with van der Waals surface area (Å²) in [7, 11) is 1.79. The Kier molecular flexibility index (Phi) is 7.75. The van der Waals surface area contributed by atoms with Gasteiger partial charge in [-0.1, -0.05) is 60.7 Å². The Morgan fingerprint density at radius 3 is 2.13 bits per heavy atom. The second-order valence-corrected chi connectivity index (χ2v) is 12.1. The molecule has 7 rings (SSSR count). The molecule has 0 spiro atoms. The molecule has 2 aromatic heterocycles. The molecule has 4 heterocycles. The van der Waals surface area contributed by atoms with E-state index < -0.39 is 5.97 Å². The maximum absolute atomic E-state index is 13.8. The number of piperidine rings is 1. The molecule has 9 heteroatoms. The molecule has 230 valence electrons. The van der Waals surface area contributed by atoms with Crippen LogP contribution in [0.1, 0.15) is 43.2 Å². The number of hydrogen-bond donors (Lipinski definition) is 1. The van der Waals surface area contributed by atoms with Crippen molar-refractivity contribution in [3.63, 3.8) is 0 Å². The first kappa shape index (κ1) is 28.7. The molecule has 0 amide bonds. The Labute approximate surface area is 261 Å². The van der Waals surface area contributed by atoms with Crippen molar-refractivity contribution in [3.05, 3.63) is 113 Å². The molecule has 0 aliphatic carbocycles. The molecule has 2 aliphatic rings. The Morgan fingerprint density at radius 1 is 0.844 bits per heavy atom. The average Bonchev–Trinajstić information content (AvgIpc) is 3.47. The number of anilines is 1. The minimum absolute atomic E-state index is 0.199. The lowest BCUT2D eigenvalue weighted by atomic mass is 9.88. The van der Waals surface area contributed by atoms with Gasteiger partial charge in [-0.15, -0.1) is 0 Å². The maximum Gasteiger partial charge on any atom is 0.333 e. The number of imidazole rings is 1. The van der Waals surface area contributed by atoms with Gasteiger partial charge in [-0.2, -0.15) is 4.98 Å². The number of aromatic nitrogens is 3. The van der Waals surface area contributed by atoms with Crippen LogP contribution in [-0.4, -0.2) is 37.3 Å². The molecule has 3 aromatic carbocycles. The summed E-state index contributed by atoms with van der Waals surface area (Å²) in [6, 6.07) is 30.1. The Morgan fingerprint density at radius 2 is 1.49 bits per heavy atom. The van der Waals surface area contributed by atoms with Crippen LogP contribution in [0.2, 0.25) is 0 Å². The molecule has 1 N–H and O–H groups in total. The predicted molar refractivity (Wildman–Crippen MR) is 172 cm³/mol. The van der Waals surface area contributed by atoms with E-state index in [-0.39, 0.29) is 24.6 Å². The Bertz CT molecular complexity index is 1870. The third-order valence-electron chi connectivity index (χ3n) is 9.14. The van der Waals surface area contributed by atoms with Crippen molar-refractivity contribution in [2.75, 3.05) is 4.90 Å². The zero-order valence-electron chi connectivity index (χ0n) is 25.2. The normalized spacial score (nSPS) is 19.1. The molecular formula is C36H36N4O5. The molecule has 5 aromatic rings. The number of hydrogen-bond acceptors (Lipinski definition) is 6. The highest BCUT2D eigenvalue weighted by Crippen LogP contribution is 2.43. The highest BCUT2D eigenvalue weighted by atomic mass is 16.5. The highest BCUT2D eigenvalue weighted by molar-refractivity contribution is 5.83. The SMILES string of the molecule is Cn1c(=O)n(-c2ccc(OCc3ccccc3)nc2OCc2ccccc2)c2ccc(N3C4CC[C@@H]3CC(CC(=O)O)C4)cc21. The topological polar surface area (TPSA) is 98.8 Å². The number of fused-ring (bicyclic) bond motifs is 3. The lowest BCUT2D eigenvalue weighted by Gasteiger charge is -2.40. The van der Waals surface area contributed by atoms with Gasteiger partial charge in [0.15, 0.2) is 0 Å². The standard InChI is InChI=1S/C36H36N4O5/c1-38-32-21-29(39-27-12-13-28(39)19-26(18-27)20-34(41)42)14-15-30(32)40(36(38)43)31-16-17-33(44-22-24-8-4-2-5-9-24)37-35(31)45-23-25-10-6-3-7-11-25/h2-11,14-17,21,26-28H,12-13,18-20,22-23H2,1H3,(H,41,42)/t26?,27-,28?/m1/s1. The number of aryl methyl sites for hydroxylation is 1. The third kappa shape index (κ3) is 5.78. The molecular weight excluding hydrogens is 568 g/mol. The summed E-state index contributed by atoms with van der Waals surface area (Å²) >= 11 is 0. The van der Waals surface area contributed by atoms with Crippen molar-refractivity contribution in [3.8, 4) is 17.4 Å². The monoisotopic (exact) mass is 604 g/mol. The summed E-state index contributed by atoms with van der Waals surface area (Å²) in [6.45, 7) is 0.644. The van der Waals surface area contributed by atoms with Crippen LogP contribution in [0.4, 0.5) is 5.69 Å². The van der Waals surface area contributed by atoms with Crippen LogP contribution in [-0.2, 0) is 25.1 Å². The van der Waals surface area contributed by atoms with Crippen molar-refractivity contribution < 1.29 is 19.4 Å². The summed E-state index contributed by atoms with van der Waals surface area (Å²) in [5.74, 6) is 0.208. The number of rotatable bonds is 10. The van der Waals surface area contributed by atoms with Crippen LogP contribution in [0.25, 0.3) is 16.7 Å². The molecule has 9 nitrogen and oxygen atoms in total. The van der Waals surface area contributed by atoms with Crippen molar-refractivity contribution in [1.82, 2.24) is 14.1 Å². The fraction of sp³-hybridized carbons (Fsp3) is 0.306. The van der Waals surface area contributed by atoms with Gasteiger partial charge in [0.1, 0.15) is 18.9 Å². The van der Waals surface area contributed by atoms with Gasteiger partial charge in [0.05, 0.1) is 11.0 Å². The minimum atomic E-state index is -0.719. The summed E-state index contributed by atoms with van der Waals surface area (Å²) in [5, 5.41) is 9.34. The summed E-state index contributed by atoms with van der Waals surface area (Å²) < 4.78 is 15.6. The number of carbonyl (C=O) groups is 1. The van der Waals surface area contributed by atoms with Crippen LogP contribution in [0.3, 0.4) is 0 Å². The van der Waals surface area contributed by atoms with Gasteiger partial charge in [0, 0.05) is 37.3 Å². The Hall–Kier alpha value is -5.05. The molecule has 3 atom stereocenters. The minimum Gasteiger partial charge on any atom is -0.481 e. The number of pyridine rings is 1. The van der Waals surface area contributed by atoms with Gasteiger partial charge in [0.25, 0.3) is 0 Å². The quantitative estimate of drug-likeness (QED) is 0.206. The van der Waals surface area contributed by atoms with Crippen LogP contribution < -0.4 is 20.1 Å². The molecule has 2 bridgehead atoms. The fourth-order valence-electron chi connectivity index (χ4n) is 7.07. The highest BCUT2D eigenvalue weighted by Gasteiger charge is 2.41. The lowest BCUT2D eigenvalue weighted by molar-refractivity contribution is -0.138. The second-order valence-electron chi connectivity index (χ2n) is 12.1. The largest absolute Gasteiger partial charge is 0.481 e. The molecule has 2 aliphatic heterocycles. The van der Waals surface area contributed by atoms with Crippen LogP contribution in [0.15, 0.2) is 95.8 Å².